The van der Waals surface area contributed by atoms with E-state index < -0.39 is 16.1 Å². The summed E-state index contributed by atoms with van der Waals surface area (Å²) in [5.41, 5.74) is 2.61. The second-order valence-corrected chi connectivity index (χ2v) is 9.97. The summed E-state index contributed by atoms with van der Waals surface area (Å²) in [4.78, 5) is 17.1. The minimum Gasteiger partial charge on any atom is -0.497 e. The van der Waals surface area contributed by atoms with Crippen LogP contribution in [-0.4, -0.2) is 64.8 Å². The summed E-state index contributed by atoms with van der Waals surface area (Å²) in [6.07, 6.45) is 1.11. The summed E-state index contributed by atoms with van der Waals surface area (Å²) in [5, 5.41) is 0.677. The van der Waals surface area contributed by atoms with E-state index in [0.29, 0.717) is 42.6 Å². The van der Waals surface area contributed by atoms with Crippen molar-refractivity contribution in [2.24, 2.45) is 0 Å². The fraction of sp³-hybridized carbons (Fsp3) is 0.409. The van der Waals surface area contributed by atoms with E-state index in [2.05, 4.69) is 4.90 Å². The summed E-state index contributed by atoms with van der Waals surface area (Å²) in [5.74, 6) is 0.396. The average molecular weight is 466 g/mol. The molecule has 168 valence electrons. The molecule has 1 fully saturated rings. The number of anilines is 2. The van der Waals surface area contributed by atoms with Gasteiger partial charge in [0.1, 0.15) is 11.8 Å². The maximum atomic E-state index is 13.2. The number of hydrogen-bond acceptors (Lipinski definition) is 5. The van der Waals surface area contributed by atoms with Crippen molar-refractivity contribution in [3.63, 3.8) is 0 Å². The Hall–Kier alpha value is -2.45. The van der Waals surface area contributed by atoms with Gasteiger partial charge >= 0.3 is 0 Å². The topological polar surface area (TPSA) is 70.2 Å². The first-order valence-electron chi connectivity index (χ1n) is 10.0. The summed E-state index contributed by atoms with van der Waals surface area (Å²) in [6.45, 7) is 5.98. The molecule has 0 N–H and O–H groups in total. The van der Waals surface area contributed by atoms with Crippen molar-refractivity contribution in [3.05, 3.63) is 53.1 Å². The van der Waals surface area contributed by atoms with Crippen molar-refractivity contribution in [1.82, 2.24) is 4.90 Å². The lowest BCUT2D eigenvalue weighted by molar-refractivity contribution is -0.132. The van der Waals surface area contributed by atoms with Crippen molar-refractivity contribution in [2.45, 2.75) is 19.9 Å². The van der Waals surface area contributed by atoms with Crippen molar-refractivity contribution in [3.8, 4) is 5.75 Å². The minimum atomic E-state index is -3.66. The van der Waals surface area contributed by atoms with Crippen LogP contribution in [-0.2, 0) is 14.8 Å². The highest BCUT2D eigenvalue weighted by Gasteiger charge is 2.33. The number of nitrogens with zero attached hydrogens (tertiary/aromatic N) is 3. The van der Waals surface area contributed by atoms with Gasteiger partial charge in [0.05, 0.1) is 19.1 Å². The highest BCUT2D eigenvalue weighted by Crippen LogP contribution is 2.27. The molecular formula is C22H28ClN3O4S. The number of ether oxygens (including phenoxy) is 1. The molecule has 1 aliphatic heterocycles. The monoisotopic (exact) mass is 465 g/mol. The molecule has 0 radical (unpaired) electrons. The number of halogens is 1. The van der Waals surface area contributed by atoms with Gasteiger partial charge in [0, 0.05) is 36.9 Å². The van der Waals surface area contributed by atoms with Crippen LogP contribution in [0, 0.1) is 6.92 Å². The number of carbonyl (C=O) groups is 1. The molecule has 3 rings (SSSR count). The maximum absolute atomic E-state index is 13.2. The standard InChI is InChI=1S/C22H28ClN3O4S/c1-16-5-6-18(23)15-21(16)24-11-13-25(14-12-24)22(27)17(2)26(31(4,28)29)19-7-9-20(30-3)10-8-19/h5-10,15,17H,11-14H2,1-4H3/t17-/m1/s1. The molecule has 2 aromatic rings. The molecule has 1 aliphatic rings. The van der Waals surface area contributed by atoms with Crippen LogP contribution in [0.15, 0.2) is 42.5 Å². The number of hydrogen-bond donors (Lipinski definition) is 0. The van der Waals surface area contributed by atoms with Gasteiger partial charge in [-0.2, -0.15) is 0 Å². The van der Waals surface area contributed by atoms with Gasteiger partial charge < -0.3 is 14.5 Å². The third kappa shape index (κ3) is 5.25. The van der Waals surface area contributed by atoms with Gasteiger partial charge in [0.25, 0.3) is 0 Å². The quantitative estimate of drug-likeness (QED) is 0.655. The minimum absolute atomic E-state index is 0.219. The Bertz CT molecular complexity index is 1040. The van der Waals surface area contributed by atoms with Crippen LogP contribution in [0.25, 0.3) is 0 Å². The number of benzene rings is 2. The highest BCUT2D eigenvalue weighted by atomic mass is 35.5. The van der Waals surface area contributed by atoms with Gasteiger partial charge in [-0.25, -0.2) is 8.42 Å². The first-order chi connectivity index (χ1) is 14.6. The van der Waals surface area contributed by atoms with E-state index in [0.717, 1.165) is 17.5 Å². The van der Waals surface area contributed by atoms with Crippen LogP contribution in [0.4, 0.5) is 11.4 Å². The fourth-order valence-electron chi connectivity index (χ4n) is 3.89. The molecule has 2 aromatic carbocycles. The largest absolute Gasteiger partial charge is 0.497 e. The van der Waals surface area contributed by atoms with Gasteiger partial charge in [-0.1, -0.05) is 17.7 Å². The molecule has 0 unspecified atom stereocenters. The Balaban J connectivity index is 1.74. The third-order valence-electron chi connectivity index (χ3n) is 5.50. The van der Waals surface area contributed by atoms with E-state index in [1.807, 2.05) is 25.1 Å². The van der Waals surface area contributed by atoms with Crippen LogP contribution >= 0.6 is 11.6 Å². The van der Waals surface area contributed by atoms with Crippen molar-refractivity contribution < 1.29 is 17.9 Å². The van der Waals surface area contributed by atoms with E-state index in [4.69, 9.17) is 16.3 Å². The van der Waals surface area contributed by atoms with Crippen molar-refractivity contribution in [2.75, 3.05) is 48.7 Å². The summed E-state index contributed by atoms with van der Waals surface area (Å²) >= 11 is 6.15. The Morgan fingerprint density at radius 1 is 1.10 bits per heavy atom. The average Bonchev–Trinajstić information content (AvgIpc) is 2.74. The molecule has 31 heavy (non-hydrogen) atoms. The SMILES string of the molecule is COc1ccc(N([C@H](C)C(=O)N2CCN(c3cc(Cl)ccc3C)CC2)S(C)(=O)=O)cc1. The molecule has 1 saturated heterocycles. The molecule has 0 bridgehead atoms. The van der Waals surface area contributed by atoms with Crippen LogP contribution in [0.5, 0.6) is 5.75 Å². The normalized spacial score (nSPS) is 15.5. The number of carbonyl (C=O) groups excluding carboxylic acids is 1. The Morgan fingerprint density at radius 3 is 2.26 bits per heavy atom. The van der Waals surface area contributed by atoms with E-state index in [1.165, 1.54) is 4.31 Å². The number of rotatable bonds is 6. The zero-order chi connectivity index (χ0) is 22.8. The molecule has 9 heteroatoms. The molecule has 0 aromatic heterocycles. The van der Waals surface area contributed by atoms with Crippen LogP contribution in [0.1, 0.15) is 12.5 Å². The van der Waals surface area contributed by atoms with Crippen molar-refractivity contribution >= 4 is 38.9 Å². The van der Waals surface area contributed by atoms with Crippen LogP contribution in [0.2, 0.25) is 5.02 Å². The van der Waals surface area contributed by atoms with E-state index in [1.54, 1.807) is 43.2 Å². The van der Waals surface area contributed by atoms with Gasteiger partial charge in [0.2, 0.25) is 15.9 Å². The lowest BCUT2D eigenvalue weighted by Gasteiger charge is -2.39. The van der Waals surface area contributed by atoms with Gasteiger partial charge in [0.15, 0.2) is 0 Å². The fourth-order valence-corrected chi connectivity index (χ4v) is 5.22. The van der Waals surface area contributed by atoms with E-state index in [9.17, 15) is 13.2 Å². The van der Waals surface area contributed by atoms with Crippen molar-refractivity contribution in [1.29, 1.82) is 0 Å². The second-order valence-electron chi connectivity index (χ2n) is 7.68. The zero-order valence-corrected chi connectivity index (χ0v) is 19.8. The second kappa shape index (κ2) is 9.36. The number of methoxy groups -OCH3 is 1. The molecule has 7 nitrogen and oxygen atoms in total. The predicted octanol–water partition coefficient (Wildman–Crippen LogP) is 3.16. The number of sulfonamides is 1. The lowest BCUT2D eigenvalue weighted by Crippen LogP contribution is -2.55. The Morgan fingerprint density at radius 2 is 1.71 bits per heavy atom. The molecule has 1 heterocycles. The first kappa shape index (κ1) is 23.2. The third-order valence-corrected chi connectivity index (χ3v) is 6.97. The van der Waals surface area contributed by atoms with Gasteiger partial charge in [-0.05, 0) is 55.8 Å². The molecular weight excluding hydrogens is 438 g/mol. The number of piperazine rings is 1. The van der Waals surface area contributed by atoms with Crippen LogP contribution in [0.3, 0.4) is 0 Å². The molecule has 1 amide bonds. The Kier molecular flexibility index (Phi) is 7.01. The number of amides is 1. The predicted molar refractivity (Wildman–Crippen MR) is 125 cm³/mol. The molecule has 1 atom stereocenters. The van der Waals surface area contributed by atoms with Gasteiger partial charge in [-0.15, -0.1) is 0 Å². The first-order valence-corrected chi connectivity index (χ1v) is 12.3. The maximum Gasteiger partial charge on any atom is 0.246 e. The van der Waals surface area contributed by atoms with E-state index >= 15 is 0 Å². The Labute approximate surface area is 189 Å². The van der Waals surface area contributed by atoms with E-state index in [-0.39, 0.29) is 5.91 Å². The molecule has 0 aliphatic carbocycles. The summed E-state index contributed by atoms with van der Waals surface area (Å²) in [6, 6.07) is 11.6. The zero-order valence-electron chi connectivity index (χ0n) is 18.2. The molecule has 0 saturated carbocycles. The van der Waals surface area contributed by atoms with Gasteiger partial charge in [-0.3, -0.25) is 9.10 Å². The smallest absolute Gasteiger partial charge is 0.246 e. The summed E-state index contributed by atoms with van der Waals surface area (Å²) < 4.78 is 31.4. The summed E-state index contributed by atoms with van der Waals surface area (Å²) in [7, 11) is -2.12. The molecule has 0 spiro atoms. The lowest BCUT2D eigenvalue weighted by atomic mass is 10.1. The highest BCUT2D eigenvalue weighted by molar-refractivity contribution is 7.92. The van der Waals surface area contributed by atoms with Crippen LogP contribution < -0.4 is 13.9 Å². The number of aryl methyl sites for hydroxylation is 1.